The Labute approximate surface area is 169 Å². The van der Waals surface area contributed by atoms with Crippen LogP contribution in [-0.4, -0.2) is 73.0 Å². The van der Waals surface area contributed by atoms with Gasteiger partial charge in [0.15, 0.2) is 0 Å². The molecule has 154 valence electrons. The van der Waals surface area contributed by atoms with Gasteiger partial charge in [-0.05, 0) is 64.2 Å². The van der Waals surface area contributed by atoms with Crippen LogP contribution in [0.4, 0.5) is 0 Å². The van der Waals surface area contributed by atoms with Crippen molar-refractivity contribution in [3.8, 4) is 5.75 Å². The maximum absolute atomic E-state index is 12.8. The van der Waals surface area contributed by atoms with E-state index in [2.05, 4.69) is 26.8 Å². The second-order valence-electron chi connectivity index (χ2n) is 8.69. The number of ether oxygens (including phenoxy) is 1. The lowest BCUT2D eigenvalue weighted by Gasteiger charge is -2.42. The SMILES string of the molecule is COc1ccccc1CN1CCC(N2CCCC(C(=O)N3CCCC3)C2)CC1. The molecule has 5 nitrogen and oxygen atoms in total. The van der Waals surface area contributed by atoms with Gasteiger partial charge in [0.25, 0.3) is 0 Å². The molecule has 1 aromatic rings. The van der Waals surface area contributed by atoms with E-state index in [1.54, 1.807) is 7.11 Å². The zero-order valence-electron chi connectivity index (χ0n) is 17.3. The summed E-state index contributed by atoms with van der Waals surface area (Å²) in [5.41, 5.74) is 1.28. The summed E-state index contributed by atoms with van der Waals surface area (Å²) in [5, 5.41) is 0. The molecule has 5 heteroatoms. The zero-order chi connectivity index (χ0) is 19.3. The predicted octanol–water partition coefficient (Wildman–Crippen LogP) is 2.99. The molecule has 4 rings (SSSR count). The van der Waals surface area contributed by atoms with E-state index in [0.29, 0.717) is 11.9 Å². The van der Waals surface area contributed by atoms with Gasteiger partial charge in [0.2, 0.25) is 5.91 Å². The fourth-order valence-corrected chi connectivity index (χ4v) is 5.25. The highest BCUT2D eigenvalue weighted by molar-refractivity contribution is 5.79. The van der Waals surface area contributed by atoms with Gasteiger partial charge in [-0.25, -0.2) is 0 Å². The number of rotatable bonds is 5. The Morgan fingerprint density at radius 2 is 1.75 bits per heavy atom. The third-order valence-electron chi connectivity index (χ3n) is 6.88. The van der Waals surface area contributed by atoms with Gasteiger partial charge in [0.1, 0.15) is 5.75 Å². The highest BCUT2D eigenvalue weighted by atomic mass is 16.5. The summed E-state index contributed by atoms with van der Waals surface area (Å²) in [6.07, 6.45) is 7.05. The van der Waals surface area contributed by atoms with Crippen molar-refractivity contribution in [3.05, 3.63) is 29.8 Å². The number of hydrogen-bond acceptors (Lipinski definition) is 4. The lowest BCUT2D eigenvalue weighted by atomic mass is 9.93. The normalized spacial score (nSPS) is 25.2. The van der Waals surface area contributed by atoms with E-state index in [-0.39, 0.29) is 5.92 Å². The van der Waals surface area contributed by atoms with Gasteiger partial charge in [-0.15, -0.1) is 0 Å². The topological polar surface area (TPSA) is 36.0 Å². The summed E-state index contributed by atoms with van der Waals surface area (Å²) < 4.78 is 5.51. The Morgan fingerprint density at radius 3 is 2.50 bits per heavy atom. The van der Waals surface area contributed by atoms with Gasteiger partial charge in [0.05, 0.1) is 13.0 Å². The first-order valence-electron chi connectivity index (χ1n) is 11.1. The lowest BCUT2D eigenvalue weighted by Crippen LogP contribution is -2.51. The van der Waals surface area contributed by atoms with Crippen molar-refractivity contribution in [3.63, 3.8) is 0 Å². The first-order chi connectivity index (χ1) is 13.7. The first-order valence-corrected chi connectivity index (χ1v) is 11.1. The van der Waals surface area contributed by atoms with Crippen LogP contribution in [0.15, 0.2) is 24.3 Å². The van der Waals surface area contributed by atoms with E-state index in [1.165, 1.54) is 44.2 Å². The van der Waals surface area contributed by atoms with Crippen molar-refractivity contribution >= 4 is 5.91 Å². The van der Waals surface area contributed by atoms with Gasteiger partial charge in [0, 0.05) is 37.8 Å². The fourth-order valence-electron chi connectivity index (χ4n) is 5.25. The van der Waals surface area contributed by atoms with Gasteiger partial charge < -0.3 is 9.64 Å². The maximum atomic E-state index is 12.8. The van der Waals surface area contributed by atoms with Crippen LogP contribution in [0.2, 0.25) is 0 Å². The minimum Gasteiger partial charge on any atom is -0.496 e. The van der Waals surface area contributed by atoms with E-state index in [0.717, 1.165) is 51.4 Å². The molecule has 3 saturated heterocycles. The monoisotopic (exact) mass is 385 g/mol. The third kappa shape index (κ3) is 4.52. The molecule has 0 N–H and O–H groups in total. The molecule has 3 fully saturated rings. The molecule has 0 aliphatic carbocycles. The molecule has 28 heavy (non-hydrogen) atoms. The van der Waals surface area contributed by atoms with Crippen molar-refractivity contribution in [2.45, 2.75) is 51.1 Å². The second-order valence-corrected chi connectivity index (χ2v) is 8.69. The highest BCUT2D eigenvalue weighted by Crippen LogP contribution is 2.27. The van der Waals surface area contributed by atoms with Crippen molar-refractivity contribution in [1.29, 1.82) is 0 Å². The quantitative estimate of drug-likeness (QED) is 0.781. The summed E-state index contributed by atoms with van der Waals surface area (Å²) >= 11 is 0. The van der Waals surface area contributed by atoms with Gasteiger partial charge in [-0.3, -0.25) is 14.6 Å². The Kier molecular flexibility index (Phi) is 6.53. The summed E-state index contributed by atoms with van der Waals surface area (Å²) in [7, 11) is 1.75. The van der Waals surface area contributed by atoms with Crippen LogP contribution in [0.25, 0.3) is 0 Å². The van der Waals surface area contributed by atoms with Crippen molar-refractivity contribution in [2.75, 3.05) is 46.4 Å². The minimum atomic E-state index is 0.235. The van der Waals surface area contributed by atoms with Crippen LogP contribution >= 0.6 is 0 Å². The number of carbonyl (C=O) groups excluding carboxylic acids is 1. The molecule has 1 atom stereocenters. The molecule has 1 amide bonds. The Morgan fingerprint density at radius 1 is 1.00 bits per heavy atom. The average Bonchev–Trinajstić information content (AvgIpc) is 3.29. The molecule has 0 spiro atoms. The van der Waals surface area contributed by atoms with Crippen molar-refractivity contribution in [2.24, 2.45) is 5.92 Å². The van der Waals surface area contributed by atoms with Crippen LogP contribution in [0, 0.1) is 5.92 Å². The Hall–Kier alpha value is -1.59. The van der Waals surface area contributed by atoms with Crippen LogP contribution in [0.1, 0.15) is 44.1 Å². The predicted molar refractivity (Wildman–Crippen MR) is 111 cm³/mol. The standard InChI is InChI=1S/C23H35N3O2/c1-28-22-9-3-2-7-19(22)17-24-15-10-21(11-16-24)26-14-6-8-20(18-26)23(27)25-12-4-5-13-25/h2-3,7,9,20-21H,4-6,8,10-18H2,1H3. The largest absolute Gasteiger partial charge is 0.496 e. The van der Waals surface area contributed by atoms with E-state index in [9.17, 15) is 4.79 Å². The molecule has 0 saturated carbocycles. The molecule has 0 aromatic heterocycles. The van der Waals surface area contributed by atoms with Crippen LogP contribution in [-0.2, 0) is 11.3 Å². The molecular weight excluding hydrogens is 350 g/mol. The molecule has 3 heterocycles. The number of para-hydroxylation sites is 1. The highest BCUT2D eigenvalue weighted by Gasteiger charge is 2.34. The second kappa shape index (κ2) is 9.27. The summed E-state index contributed by atoms with van der Waals surface area (Å²) in [5.74, 6) is 1.65. The smallest absolute Gasteiger partial charge is 0.226 e. The van der Waals surface area contributed by atoms with E-state index in [1.807, 2.05) is 12.1 Å². The van der Waals surface area contributed by atoms with Crippen LogP contribution < -0.4 is 4.74 Å². The van der Waals surface area contributed by atoms with Crippen LogP contribution in [0.3, 0.4) is 0 Å². The number of hydrogen-bond donors (Lipinski definition) is 0. The number of benzene rings is 1. The number of piperidine rings is 2. The number of methoxy groups -OCH3 is 1. The minimum absolute atomic E-state index is 0.235. The van der Waals surface area contributed by atoms with Gasteiger partial charge in [-0.1, -0.05) is 18.2 Å². The number of amides is 1. The number of carbonyl (C=O) groups is 1. The molecule has 1 aromatic carbocycles. The van der Waals surface area contributed by atoms with E-state index >= 15 is 0 Å². The molecule has 0 bridgehead atoms. The lowest BCUT2D eigenvalue weighted by molar-refractivity contribution is -0.136. The summed E-state index contributed by atoms with van der Waals surface area (Å²) in [6, 6.07) is 8.99. The number of likely N-dealkylation sites (tertiary alicyclic amines) is 3. The number of nitrogens with zero attached hydrogens (tertiary/aromatic N) is 3. The molecular formula is C23H35N3O2. The van der Waals surface area contributed by atoms with Gasteiger partial charge >= 0.3 is 0 Å². The fraction of sp³-hybridized carbons (Fsp3) is 0.696. The summed E-state index contributed by atoms with van der Waals surface area (Å²) in [4.78, 5) is 20.1. The van der Waals surface area contributed by atoms with Crippen molar-refractivity contribution in [1.82, 2.24) is 14.7 Å². The maximum Gasteiger partial charge on any atom is 0.226 e. The van der Waals surface area contributed by atoms with Crippen molar-refractivity contribution < 1.29 is 9.53 Å². The Balaban J connectivity index is 1.28. The van der Waals surface area contributed by atoms with E-state index < -0.39 is 0 Å². The molecule has 3 aliphatic rings. The van der Waals surface area contributed by atoms with Gasteiger partial charge in [-0.2, -0.15) is 0 Å². The van der Waals surface area contributed by atoms with E-state index in [4.69, 9.17) is 4.74 Å². The average molecular weight is 386 g/mol. The van der Waals surface area contributed by atoms with Crippen LogP contribution in [0.5, 0.6) is 5.75 Å². The Bertz CT molecular complexity index is 651. The third-order valence-corrected chi connectivity index (χ3v) is 6.88. The molecule has 0 radical (unpaired) electrons. The molecule has 3 aliphatic heterocycles. The zero-order valence-corrected chi connectivity index (χ0v) is 17.3. The molecule has 1 unspecified atom stereocenters. The first kappa shape index (κ1) is 19.7. The summed E-state index contributed by atoms with van der Waals surface area (Å²) in [6.45, 7) is 7.33.